The molecule has 5 heteroatoms. The maximum absolute atomic E-state index is 11.6. The molecule has 2 rings (SSSR count). The van der Waals surface area contributed by atoms with Crippen LogP contribution in [0.15, 0.2) is 30.3 Å². The van der Waals surface area contributed by atoms with E-state index in [-0.39, 0.29) is 17.7 Å². The first-order valence-electron chi connectivity index (χ1n) is 7.14. The Morgan fingerprint density at radius 3 is 2.36 bits per heavy atom. The molecule has 4 nitrogen and oxygen atoms in total. The molecule has 0 bridgehead atoms. The number of hydrogen-bond donors (Lipinski definition) is 1. The molecule has 0 unspecified atom stereocenters. The molecule has 1 aromatic heterocycles. The molecule has 22 heavy (non-hydrogen) atoms. The molecule has 0 saturated carbocycles. The predicted octanol–water partition coefficient (Wildman–Crippen LogP) is 3.38. The second kappa shape index (κ2) is 6.44. The first kappa shape index (κ1) is 16.4. The lowest BCUT2D eigenvalue weighted by molar-refractivity contribution is -0.120. The van der Waals surface area contributed by atoms with Crippen LogP contribution in [0, 0.1) is 0 Å². The molecule has 1 N–H and O–H groups in total. The normalized spacial score (nSPS) is 11.3. The summed E-state index contributed by atoms with van der Waals surface area (Å²) in [4.78, 5) is 20.7. The van der Waals surface area contributed by atoms with Crippen molar-refractivity contribution >= 4 is 17.5 Å². The van der Waals surface area contributed by atoms with Crippen LogP contribution in [0.4, 0.5) is 0 Å². The number of carbonyl (C=O) groups is 1. The van der Waals surface area contributed by atoms with Gasteiger partial charge >= 0.3 is 0 Å². The molecule has 0 saturated heterocycles. The van der Waals surface area contributed by atoms with Gasteiger partial charge in [0.15, 0.2) is 0 Å². The summed E-state index contributed by atoms with van der Waals surface area (Å²) in [7, 11) is 1.61. The molecule has 1 amide bonds. The molecule has 1 heterocycles. The number of benzene rings is 1. The Morgan fingerprint density at radius 2 is 1.82 bits per heavy atom. The maximum Gasteiger partial charge on any atom is 0.227 e. The highest BCUT2D eigenvalue weighted by molar-refractivity contribution is 6.30. The summed E-state index contributed by atoms with van der Waals surface area (Å²) in [6, 6.07) is 9.46. The highest BCUT2D eigenvalue weighted by Gasteiger charge is 2.19. The molecule has 0 atom stereocenters. The zero-order valence-corrected chi connectivity index (χ0v) is 14.0. The van der Waals surface area contributed by atoms with Crippen molar-refractivity contribution in [3.05, 3.63) is 46.9 Å². The summed E-state index contributed by atoms with van der Waals surface area (Å²) in [6.45, 7) is 6.26. The lowest BCUT2D eigenvalue weighted by Gasteiger charge is -2.19. The summed E-state index contributed by atoms with van der Waals surface area (Å²) < 4.78 is 0. The molecule has 0 radical (unpaired) electrons. The van der Waals surface area contributed by atoms with E-state index in [1.165, 1.54) is 0 Å². The number of amides is 1. The van der Waals surface area contributed by atoms with E-state index in [0.29, 0.717) is 10.8 Å². The quantitative estimate of drug-likeness (QED) is 0.944. The fraction of sp³-hybridized carbons (Fsp3) is 0.353. The molecule has 0 spiro atoms. The van der Waals surface area contributed by atoms with Gasteiger partial charge in [-0.15, -0.1) is 0 Å². The smallest absolute Gasteiger partial charge is 0.227 e. The second-order valence-electron chi connectivity index (χ2n) is 6.16. The third kappa shape index (κ3) is 4.04. The van der Waals surface area contributed by atoms with Crippen LogP contribution in [0.25, 0.3) is 11.3 Å². The van der Waals surface area contributed by atoms with Gasteiger partial charge in [-0.2, -0.15) is 0 Å². The van der Waals surface area contributed by atoms with Crippen molar-refractivity contribution in [2.75, 3.05) is 7.05 Å². The summed E-state index contributed by atoms with van der Waals surface area (Å²) >= 11 is 5.94. The molecule has 0 aliphatic heterocycles. The topological polar surface area (TPSA) is 54.9 Å². The van der Waals surface area contributed by atoms with Gasteiger partial charge in [0.05, 0.1) is 17.8 Å². The van der Waals surface area contributed by atoms with Crippen molar-refractivity contribution in [1.82, 2.24) is 15.3 Å². The van der Waals surface area contributed by atoms with Crippen LogP contribution in [0.5, 0.6) is 0 Å². The molecular weight excluding hydrogens is 298 g/mol. The Morgan fingerprint density at radius 1 is 1.18 bits per heavy atom. The molecule has 116 valence electrons. The molecular formula is C17H20ClN3O. The van der Waals surface area contributed by atoms with E-state index in [0.717, 1.165) is 17.0 Å². The van der Waals surface area contributed by atoms with E-state index in [2.05, 4.69) is 36.1 Å². The summed E-state index contributed by atoms with van der Waals surface area (Å²) in [5, 5.41) is 3.28. The average Bonchev–Trinajstić information content (AvgIpc) is 2.46. The van der Waals surface area contributed by atoms with Gasteiger partial charge < -0.3 is 5.32 Å². The number of carbonyl (C=O) groups excluding carboxylic acids is 1. The number of nitrogens with zero attached hydrogens (tertiary/aromatic N) is 2. The Kier molecular flexibility index (Phi) is 4.81. The summed E-state index contributed by atoms with van der Waals surface area (Å²) in [5.41, 5.74) is 2.54. The zero-order chi connectivity index (χ0) is 16.3. The van der Waals surface area contributed by atoms with E-state index >= 15 is 0 Å². The van der Waals surface area contributed by atoms with Crippen molar-refractivity contribution in [3.63, 3.8) is 0 Å². The lowest BCUT2D eigenvalue weighted by atomic mass is 9.91. The first-order chi connectivity index (χ1) is 10.3. The monoisotopic (exact) mass is 317 g/mol. The third-order valence-corrected chi connectivity index (χ3v) is 3.53. The third-order valence-electron chi connectivity index (χ3n) is 3.28. The van der Waals surface area contributed by atoms with Gasteiger partial charge in [0, 0.05) is 23.0 Å². The Bertz CT molecular complexity index is 675. The Balaban J connectivity index is 2.50. The van der Waals surface area contributed by atoms with E-state index in [9.17, 15) is 4.79 Å². The van der Waals surface area contributed by atoms with Gasteiger partial charge in [-0.25, -0.2) is 9.97 Å². The summed E-state index contributed by atoms with van der Waals surface area (Å²) in [6.07, 6.45) is 0.168. The number of hydrogen-bond acceptors (Lipinski definition) is 3. The van der Waals surface area contributed by atoms with E-state index < -0.39 is 0 Å². The van der Waals surface area contributed by atoms with Crippen LogP contribution in [0.1, 0.15) is 32.3 Å². The minimum Gasteiger partial charge on any atom is -0.359 e. The maximum atomic E-state index is 11.6. The molecule has 0 aliphatic carbocycles. The predicted molar refractivity (Wildman–Crippen MR) is 88.9 cm³/mol. The average molecular weight is 318 g/mol. The standard InChI is InChI=1S/C17H20ClN3O/c1-17(2,3)14-9-13(11-5-7-12(18)8-6-11)20-15(21-14)10-16(22)19-4/h5-9H,10H2,1-4H3,(H,19,22). The van der Waals surface area contributed by atoms with Crippen LogP contribution in [0.3, 0.4) is 0 Å². The van der Waals surface area contributed by atoms with Gasteiger partial charge in [0.25, 0.3) is 0 Å². The van der Waals surface area contributed by atoms with Crippen LogP contribution in [-0.4, -0.2) is 22.9 Å². The van der Waals surface area contributed by atoms with Gasteiger partial charge in [-0.3, -0.25) is 4.79 Å². The highest BCUT2D eigenvalue weighted by atomic mass is 35.5. The zero-order valence-electron chi connectivity index (χ0n) is 13.3. The Labute approximate surface area is 135 Å². The molecule has 0 fully saturated rings. The van der Waals surface area contributed by atoms with Crippen molar-refractivity contribution in [2.45, 2.75) is 32.6 Å². The van der Waals surface area contributed by atoms with Crippen LogP contribution < -0.4 is 5.32 Å². The number of nitrogens with one attached hydrogen (secondary N) is 1. The van der Waals surface area contributed by atoms with Crippen molar-refractivity contribution in [3.8, 4) is 11.3 Å². The van der Waals surface area contributed by atoms with Gasteiger partial charge in [0.1, 0.15) is 5.82 Å². The number of aromatic nitrogens is 2. The molecule has 2 aromatic rings. The van der Waals surface area contributed by atoms with Crippen molar-refractivity contribution in [2.24, 2.45) is 0 Å². The van der Waals surface area contributed by atoms with Gasteiger partial charge in [-0.05, 0) is 18.2 Å². The lowest BCUT2D eigenvalue weighted by Crippen LogP contribution is -2.23. The first-order valence-corrected chi connectivity index (χ1v) is 7.52. The SMILES string of the molecule is CNC(=O)Cc1nc(-c2ccc(Cl)cc2)cc(C(C)(C)C)n1. The largest absolute Gasteiger partial charge is 0.359 e. The summed E-state index contributed by atoms with van der Waals surface area (Å²) in [5.74, 6) is 0.421. The number of rotatable bonds is 3. The van der Waals surface area contributed by atoms with Gasteiger partial charge in [0.2, 0.25) is 5.91 Å². The number of halogens is 1. The minimum absolute atomic E-state index is 0.104. The fourth-order valence-corrected chi connectivity index (χ4v) is 2.09. The van der Waals surface area contributed by atoms with Crippen LogP contribution in [-0.2, 0) is 16.6 Å². The van der Waals surface area contributed by atoms with Crippen LogP contribution in [0.2, 0.25) is 5.02 Å². The second-order valence-corrected chi connectivity index (χ2v) is 6.60. The van der Waals surface area contributed by atoms with E-state index in [1.54, 1.807) is 7.05 Å². The van der Waals surface area contributed by atoms with E-state index in [1.807, 2.05) is 30.3 Å². The highest BCUT2D eigenvalue weighted by Crippen LogP contribution is 2.26. The van der Waals surface area contributed by atoms with Crippen molar-refractivity contribution < 1.29 is 4.79 Å². The molecule has 0 aliphatic rings. The van der Waals surface area contributed by atoms with Crippen LogP contribution >= 0.6 is 11.6 Å². The number of likely N-dealkylation sites (N-methyl/N-ethyl adjacent to an activating group) is 1. The Hall–Kier alpha value is -1.94. The van der Waals surface area contributed by atoms with Gasteiger partial charge in [-0.1, -0.05) is 44.5 Å². The van der Waals surface area contributed by atoms with Crippen molar-refractivity contribution in [1.29, 1.82) is 0 Å². The fourth-order valence-electron chi connectivity index (χ4n) is 1.96. The molecule has 1 aromatic carbocycles. The van der Waals surface area contributed by atoms with E-state index in [4.69, 9.17) is 11.6 Å². The minimum atomic E-state index is -0.123.